The van der Waals surface area contributed by atoms with E-state index >= 15 is 0 Å². The minimum Gasteiger partial charge on any atom is -0.378 e. The topological polar surface area (TPSA) is 65.5 Å². The normalized spacial score (nSPS) is 16.6. The van der Waals surface area contributed by atoms with Crippen LogP contribution < -0.4 is 15.5 Å². The van der Waals surface area contributed by atoms with Crippen LogP contribution >= 0.6 is 11.6 Å². The zero-order valence-electron chi connectivity index (χ0n) is 19.6. The van der Waals surface area contributed by atoms with Crippen molar-refractivity contribution in [3.63, 3.8) is 0 Å². The molecule has 2 aliphatic rings. The molecule has 5 rings (SSSR count). The first kappa shape index (κ1) is 22.9. The van der Waals surface area contributed by atoms with E-state index in [0.717, 1.165) is 75.8 Å². The number of nitrogens with zero attached hydrogens (tertiary/aromatic N) is 4. The Kier molecular flexibility index (Phi) is 7.13. The van der Waals surface area contributed by atoms with Crippen molar-refractivity contribution >= 4 is 40.4 Å². The van der Waals surface area contributed by atoms with E-state index in [1.54, 1.807) is 6.20 Å². The van der Waals surface area contributed by atoms with Crippen LogP contribution in [-0.2, 0) is 17.6 Å². The molecule has 0 atom stereocenters. The highest BCUT2D eigenvalue weighted by Crippen LogP contribution is 2.28. The summed E-state index contributed by atoms with van der Waals surface area (Å²) < 4.78 is 5.47. The number of morpholine rings is 1. The lowest BCUT2D eigenvalue weighted by Crippen LogP contribution is -2.36. The molecule has 0 amide bonds. The van der Waals surface area contributed by atoms with E-state index in [4.69, 9.17) is 16.3 Å². The molecule has 0 bridgehead atoms. The Hall–Kier alpha value is -2.87. The smallest absolute Gasteiger partial charge is 0.229 e. The number of hydrogen-bond donors (Lipinski definition) is 2. The Morgan fingerprint density at radius 2 is 1.74 bits per heavy atom. The maximum Gasteiger partial charge on any atom is 0.229 e. The fourth-order valence-electron chi connectivity index (χ4n) is 4.55. The SMILES string of the molecule is CCN1CCc2ccc(Nc3ncc(Cl)c(Nc4cccc(N5CCOCC5)c4)n3)cc2CC1. The predicted molar refractivity (Wildman–Crippen MR) is 139 cm³/mol. The van der Waals surface area contributed by atoms with E-state index in [9.17, 15) is 0 Å². The van der Waals surface area contributed by atoms with Crippen LogP contribution in [0.15, 0.2) is 48.7 Å². The Balaban J connectivity index is 1.31. The molecule has 3 aromatic rings. The van der Waals surface area contributed by atoms with Gasteiger partial charge in [-0.1, -0.05) is 30.7 Å². The van der Waals surface area contributed by atoms with E-state index in [1.165, 1.54) is 11.1 Å². The van der Waals surface area contributed by atoms with Gasteiger partial charge in [-0.15, -0.1) is 0 Å². The van der Waals surface area contributed by atoms with Crippen LogP contribution in [0.1, 0.15) is 18.1 Å². The third kappa shape index (κ3) is 5.43. The molecular weight excluding hydrogens is 448 g/mol. The van der Waals surface area contributed by atoms with Crippen LogP contribution in [0, 0.1) is 0 Å². The highest BCUT2D eigenvalue weighted by Gasteiger charge is 2.15. The summed E-state index contributed by atoms with van der Waals surface area (Å²) in [4.78, 5) is 13.9. The maximum absolute atomic E-state index is 6.43. The fraction of sp³-hybridized carbons (Fsp3) is 0.385. The quantitative estimate of drug-likeness (QED) is 0.523. The van der Waals surface area contributed by atoms with Crippen molar-refractivity contribution in [1.82, 2.24) is 14.9 Å². The molecule has 178 valence electrons. The number of fused-ring (bicyclic) bond motifs is 1. The first-order chi connectivity index (χ1) is 16.7. The molecule has 0 aliphatic carbocycles. The van der Waals surface area contributed by atoms with Gasteiger partial charge in [0.05, 0.1) is 19.4 Å². The average Bonchev–Trinajstić information content (AvgIpc) is 3.09. The monoisotopic (exact) mass is 478 g/mol. The lowest BCUT2D eigenvalue weighted by molar-refractivity contribution is 0.122. The van der Waals surface area contributed by atoms with Gasteiger partial charge in [-0.3, -0.25) is 0 Å². The van der Waals surface area contributed by atoms with Crippen LogP contribution in [0.5, 0.6) is 0 Å². The first-order valence-corrected chi connectivity index (χ1v) is 12.4. The molecule has 0 spiro atoms. The molecule has 8 heteroatoms. The molecule has 34 heavy (non-hydrogen) atoms. The van der Waals surface area contributed by atoms with Gasteiger partial charge in [0.2, 0.25) is 5.95 Å². The van der Waals surface area contributed by atoms with Crippen LogP contribution in [0.25, 0.3) is 0 Å². The summed E-state index contributed by atoms with van der Waals surface area (Å²) in [6, 6.07) is 14.8. The van der Waals surface area contributed by atoms with Crippen molar-refractivity contribution in [2.24, 2.45) is 0 Å². The summed E-state index contributed by atoms with van der Waals surface area (Å²) in [6.07, 6.45) is 3.79. The van der Waals surface area contributed by atoms with Crippen molar-refractivity contribution in [1.29, 1.82) is 0 Å². The molecule has 2 aromatic carbocycles. The van der Waals surface area contributed by atoms with Crippen molar-refractivity contribution in [2.45, 2.75) is 19.8 Å². The molecule has 2 N–H and O–H groups in total. The van der Waals surface area contributed by atoms with E-state index in [-0.39, 0.29) is 0 Å². The molecule has 0 radical (unpaired) electrons. The number of hydrogen-bond acceptors (Lipinski definition) is 7. The molecule has 2 aliphatic heterocycles. The average molecular weight is 479 g/mol. The van der Waals surface area contributed by atoms with E-state index < -0.39 is 0 Å². The maximum atomic E-state index is 6.43. The van der Waals surface area contributed by atoms with E-state index in [0.29, 0.717) is 16.8 Å². The zero-order chi connectivity index (χ0) is 23.3. The minimum atomic E-state index is 0.476. The largest absolute Gasteiger partial charge is 0.378 e. The molecular formula is C26H31ClN6O. The van der Waals surface area contributed by atoms with Gasteiger partial charge in [-0.05, 0) is 60.8 Å². The van der Waals surface area contributed by atoms with Crippen molar-refractivity contribution in [2.75, 3.05) is 61.5 Å². The van der Waals surface area contributed by atoms with Crippen molar-refractivity contribution in [3.8, 4) is 0 Å². The minimum absolute atomic E-state index is 0.476. The van der Waals surface area contributed by atoms with Gasteiger partial charge in [-0.25, -0.2) is 4.98 Å². The van der Waals surface area contributed by atoms with Crippen molar-refractivity contribution < 1.29 is 4.74 Å². The Morgan fingerprint density at radius 1 is 0.941 bits per heavy atom. The zero-order valence-corrected chi connectivity index (χ0v) is 20.3. The molecule has 3 heterocycles. The number of ether oxygens (including phenoxy) is 1. The Bertz CT molecular complexity index is 1130. The van der Waals surface area contributed by atoms with Gasteiger partial charge in [-0.2, -0.15) is 4.98 Å². The van der Waals surface area contributed by atoms with Gasteiger partial charge >= 0.3 is 0 Å². The summed E-state index contributed by atoms with van der Waals surface area (Å²) in [7, 11) is 0. The number of benzene rings is 2. The van der Waals surface area contributed by atoms with Crippen LogP contribution in [-0.4, -0.2) is 60.8 Å². The number of nitrogens with one attached hydrogen (secondary N) is 2. The Morgan fingerprint density at radius 3 is 2.56 bits per heavy atom. The molecule has 1 aromatic heterocycles. The van der Waals surface area contributed by atoms with Crippen LogP contribution in [0.3, 0.4) is 0 Å². The summed E-state index contributed by atoms with van der Waals surface area (Å²) in [5, 5.41) is 7.20. The lowest BCUT2D eigenvalue weighted by atomic mass is 10.0. The number of likely N-dealkylation sites (N-methyl/N-ethyl adjacent to an activating group) is 1. The van der Waals surface area contributed by atoms with Crippen molar-refractivity contribution in [3.05, 3.63) is 64.8 Å². The predicted octanol–water partition coefficient (Wildman–Crippen LogP) is 4.87. The first-order valence-electron chi connectivity index (χ1n) is 12.0. The fourth-order valence-corrected chi connectivity index (χ4v) is 4.69. The lowest BCUT2D eigenvalue weighted by Gasteiger charge is -2.29. The molecule has 0 saturated carbocycles. The second kappa shape index (κ2) is 10.6. The van der Waals surface area contributed by atoms with Gasteiger partial charge < -0.3 is 25.2 Å². The highest BCUT2D eigenvalue weighted by atomic mass is 35.5. The number of aromatic nitrogens is 2. The molecule has 0 unspecified atom stereocenters. The summed E-state index contributed by atoms with van der Waals surface area (Å²) in [5.74, 6) is 1.09. The third-order valence-electron chi connectivity index (χ3n) is 6.53. The second-order valence-corrected chi connectivity index (χ2v) is 9.11. The molecule has 1 saturated heterocycles. The van der Waals surface area contributed by atoms with Crippen LogP contribution in [0.2, 0.25) is 5.02 Å². The summed E-state index contributed by atoms with van der Waals surface area (Å²) in [5.41, 5.74) is 5.91. The molecule has 7 nitrogen and oxygen atoms in total. The van der Waals surface area contributed by atoms with Gasteiger partial charge in [0.25, 0.3) is 0 Å². The summed E-state index contributed by atoms with van der Waals surface area (Å²) in [6.45, 7) is 8.84. The number of rotatable bonds is 6. The van der Waals surface area contributed by atoms with E-state index in [2.05, 4.69) is 67.7 Å². The highest BCUT2D eigenvalue weighted by molar-refractivity contribution is 6.32. The third-order valence-corrected chi connectivity index (χ3v) is 6.81. The number of halogens is 1. The second-order valence-electron chi connectivity index (χ2n) is 8.71. The standard InChI is InChI=1S/C26H31ClN6O/c1-2-32-10-8-19-6-7-22(16-20(19)9-11-32)30-26-28-18-24(27)25(31-26)29-21-4-3-5-23(17-21)33-12-14-34-15-13-33/h3-7,16-18H,2,8-15H2,1H3,(H2,28,29,30,31). The van der Waals surface area contributed by atoms with Gasteiger partial charge in [0.15, 0.2) is 5.82 Å². The number of anilines is 5. The van der Waals surface area contributed by atoms with Gasteiger partial charge in [0, 0.05) is 43.2 Å². The van der Waals surface area contributed by atoms with Crippen LogP contribution in [0.4, 0.5) is 28.8 Å². The Labute approximate surface area is 206 Å². The van der Waals surface area contributed by atoms with E-state index in [1.807, 2.05) is 12.1 Å². The van der Waals surface area contributed by atoms with Gasteiger partial charge in [0.1, 0.15) is 5.02 Å². The molecule has 1 fully saturated rings. The summed E-state index contributed by atoms with van der Waals surface area (Å²) >= 11 is 6.43.